The lowest BCUT2D eigenvalue weighted by molar-refractivity contribution is 0.0398. The summed E-state index contributed by atoms with van der Waals surface area (Å²) in [5, 5.41) is 3.35. The molecule has 0 bridgehead atoms. The maximum Gasteiger partial charge on any atom is 0.272 e. The van der Waals surface area contributed by atoms with Crippen molar-refractivity contribution in [3.63, 3.8) is 0 Å². The lowest BCUT2D eigenvalue weighted by atomic mass is 10.3. The van der Waals surface area contributed by atoms with Crippen molar-refractivity contribution in [1.82, 2.24) is 14.8 Å². The minimum absolute atomic E-state index is 0.00938. The Labute approximate surface area is 132 Å². The van der Waals surface area contributed by atoms with Crippen LogP contribution in [0.1, 0.15) is 24.3 Å². The second kappa shape index (κ2) is 8.70. The Kier molecular flexibility index (Phi) is 6.61. The molecular weight excluding hydrogens is 280 g/mol. The van der Waals surface area contributed by atoms with E-state index in [2.05, 4.69) is 15.2 Å². The summed E-state index contributed by atoms with van der Waals surface area (Å²) in [7, 11) is 0. The molecule has 1 aliphatic rings. The normalized spacial score (nSPS) is 15.5. The van der Waals surface area contributed by atoms with E-state index in [1.807, 2.05) is 19.9 Å². The number of nitrogens with one attached hydrogen (secondary N) is 1. The Morgan fingerprint density at radius 2 is 2.05 bits per heavy atom. The van der Waals surface area contributed by atoms with Crippen LogP contribution in [0.4, 0.5) is 5.69 Å². The summed E-state index contributed by atoms with van der Waals surface area (Å²) in [6.07, 6.45) is 1.73. The SMILES string of the molecule is CCN(CC)C(=O)c1ccc(NCCN2CCOCC2)cn1. The molecule has 0 aliphatic carbocycles. The first-order valence-electron chi connectivity index (χ1n) is 8.04. The molecule has 1 N–H and O–H groups in total. The fourth-order valence-electron chi connectivity index (χ4n) is 2.48. The molecule has 0 spiro atoms. The number of hydrogen-bond donors (Lipinski definition) is 1. The number of morpholine rings is 1. The fourth-order valence-corrected chi connectivity index (χ4v) is 2.48. The number of pyridine rings is 1. The smallest absolute Gasteiger partial charge is 0.272 e. The number of hydrogen-bond acceptors (Lipinski definition) is 5. The average molecular weight is 306 g/mol. The van der Waals surface area contributed by atoms with Crippen molar-refractivity contribution in [2.75, 3.05) is 57.8 Å². The highest BCUT2D eigenvalue weighted by Crippen LogP contribution is 2.08. The van der Waals surface area contributed by atoms with Gasteiger partial charge in [0, 0.05) is 39.3 Å². The number of aromatic nitrogens is 1. The van der Waals surface area contributed by atoms with E-state index < -0.39 is 0 Å². The Bertz CT molecular complexity index is 454. The third-order valence-electron chi connectivity index (χ3n) is 3.89. The molecule has 2 heterocycles. The van der Waals surface area contributed by atoms with Gasteiger partial charge in [-0.3, -0.25) is 9.69 Å². The van der Waals surface area contributed by atoms with E-state index in [9.17, 15) is 4.79 Å². The van der Waals surface area contributed by atoms with Gasteiger partial charge in [0.1, 0.15) is 5.69 Å². The van der Waals surface area contributed by atoms with Crippen molar-refractivity contribution in [1.29, 1.82) is 0 Å². The summed E-state index contributed by atoms with van der Waals surface area (Å²) in [6.45, 7) is 10.9. The van der Waals surface area contributed by atoms with Gasteiger partial charge in [-0.25, -0.2) is 4.98 Å². The molecule has 1 saturated heterocycles. The number of amides is 1. The van der Waals surface area contributed by atoms with Crippen molar-refractivity contribution in [2.45, 2.75) is 13.8 Å². The Hall–Kier alpha value is -1.66. The van der Waals surface area contributed by atoms with Gasteiger partial charge in [-0.1, -0.05) is 0 Å². The highest BCUT2D eigenvalue weighted by molar-refractivity contribution is 5.92. The van der Waals surface area contributed by atoms with Gasteiger partial charge in [-0.05, 0) is 26.0 Å². The largest absolute Gasteiger partial charge is 0.383 e. The minimum Gasteiger partial charge on any atom is -0.383 e. The molecule has 6 nitrogen and oxygen atoms in total. The van der Waals surface area contributed by atoms with Crippen LogP contribution in [0.2, 0.25) is 0 Å². The van der Waals surface area contributed by atoms with Gasteiger partial charge in [-0.2, -0.15) is 0 Å². The minimum atomic E-state index is -0.00938. The molecule has 1 amide bonds. The van der Waals surface area contributed by atoms with Gasteiger partial charge >= 0.3 is 0 Å². The van der Waals surface area contributed by atoms with Gasteiger partial charge in [0.15, 0.2) is 0 Å². The third kappa shape index (κ3) is 4.68. The predicted octanol–water partition coefficient (Wildman–Crippen LogP) is 1.31. The van der Waals surface area contributed by atoms with Crippen LogP contribution in [0, 0.1) is 0 Å². The molecule has 122 valence electrons. The highest BCUT2D eigenvalue weighted by atomic mass is 16.5. The monoisotopic (exact) mass is 306 g/mol. The van der Waals surface area contributed by atoms with Crippen LogP contribution in [0.3, 0.4) is 0 Å². The van der Waals surface area contributed by atoms with E-state index in [1.165, 1.54) is 0 Å². The van der Waals surface area contributed by atoms with E-state index in [1.54, 1.807) is 17.2 Å². The molecule has 0 unspecified atom stereocenters. The van der Waals surface area contributed by atoms with Gasteiger partial charge in [0.25, 0.3) is 5.91 Å². The molecule has 1 aromatic heterocycles. The zero-order chi connectivity index (χ0) is 15.8. The first-order valence-corrected chi connectivity index (χ1v) is 8.04. The average Bonchev–Trinajstić information content (AvgIpc) is 2.57. The maximum atomic E-state index is 12.2. The van der Waals surface area contributed by atoms with Crippen LogP contribution in [0.15, 0.2) is 18.3 Å². The molecule has 6 heteroatoms. The van der Waals surface area contributed by atoms with Crippen molar-refractivity contribution in [3.05, 3.63) is 24.0 Å². The molecule has 0 atom stereocenters. The van der Waals surface area contributed by atoms with Crippen LogP contribution in [-0.2, 0) is 4.74 Å². The summed E-state index contributed by atoms with van der Waals surface area (Å²) in [4.78, 5) is 20.6. The quantitative estimate of drug-likeness (QED) is 0.823. The number of carbonyl (C=O) groups is 1. The molecular formula is C16H26N4O2. The van der Waals surface area contributed by atoms with E-state index in [0.717, 1.165) is 45.1 Å². The van der Waals surface area contributed by atoms with Gasteiger partial charge < -0.3 is 15.0 Å². The summed E-state index contributed by atoms with van der Waals surface area (Å²) in [6, 6.07) is 3.71. The zero-order valence-corrected chi connectivity index (χ0v) is 13.5. The van der Waals surface area contributed by atoms with E-state index in [-0.39, 0.29) is 5.91 Å². The second-order valence-electron chi connectivity index (χ2n) is 5.29. The molecule has 0 radical (unpaired) electrons. The Morgan fingerprint density at radius 1 is 1.32 bits per heavy atom. The van der Waals surface area contributed by atoms with Gasteiger partial charge in [-0.15, -0.1) is 0 Å². The predicted molar refractivity (Wildman–Crippen MR) is 87.2 cm³/mol. The summed E-state index contributed by atoms with van der Waals surface area (Å²) in [5.41, 5.74) is 1.45. The first kappa shape index (κ1) is 16.7. The molecule has 22 heavy (non-hydrogen) atoms. The first-order chi connectivity index (χ1) is 10.7. The fraction of sp³-hybridized carbons (Fsp3) is 0.625. The van der Waals surface area contributed by atoms with Gasteiger partial charge in [0.05, 0.1) is 25.1 Å². The van der Waals surface area contributed by atoms with E-state index in [0.29, 0.717) is 18.8 Å². The number of nitrogens with zero attached hydrogens (tertiary/aromatic N) is 3. The molecule has 0 aromatic carbocycles. The summed E-state index contributed by atoms with van der Waals surface area (Å²) < 4.78 is 5.33. The van der Waals surface area contributed by atoms with Crippen molar-refractivity contribution in [2.24, 2.45) is 0 Å². The zero-order valence-electron chi connectivity index (χ0n) is 13.5. The molecule has 1 aromatic rings. The molecule has 2 rings (SSSR count). The Morgan fingerprint density at radius 3 is 2.64 bits per heavy atom. The topological polar surface area (TPSA) is 57.7 Å². The highest BCUT2D eigenvalue weighted by Gasteiger charge is 2.13. The van der Waals surface area contributed by atoms with Crippen LogP contribution < -0.4 is 5.32 Å². The lowest BCUT2D eigenvalue weighted by Crippen LogP contribution is -2.39. The van der Waals surface area contributed by atoms with Gasteiger partial charge in [0.2, 0.25) is 0 Å². The summed E-state index contributed by atoms with van der Waals surface area (Å²) >= 11 is 0. The van der Waals surface area contributed by atoms with Crippen LogP contribution in [0.5, 0.6) is 0 Å². The number of carbonyl (C=O) groups excluding carboxylic acids is 1. The van der Waals surface area contributed by atoms with Crippen molar-refractivity contribution < 1.29 is 9.53 Å². The number of anilines is 1. The van der Waals surface area contributed by atoms with Crippen LogP contribution in [-0.4, -0.2) is 73.2 Å². The van der Waals surface area contributed by atoms with Crippen molar-refractivity contribution in [3.8, 4) is 0 Å². The lowest BCUT2D eigenvalue weighted by Gasteiger charge is -2.26. The second-order valence-corrected chi connectivity index (χ2v) is 5.29. The maximum absolute atomic E-state index is 12.2. The molecule has 1 aliphatic heterocycles. The summed E-state index contributed by atoms with van der Waals surface area (Å²) in [5.74, 6) is -0.00938. The standard InChI is InChI=1S/C16H26N4O2/c1-3-20(4-2)16(21)15-6-5-14(13-18-15)17-7-8-19-9-11-22-12-10-19/h5-6,13,17H,3-4,7-12H2,1-2H3. The Balaban J connectivity index is 1.80. The third-order valence-corrected chi connectivity index (χ3v) is 3.89. The van der Waals surface area contributed by atoms with Crippen LogP contribution in [0.25, 0.3) is 0 Å². The molecule has 0 saturated carbocycles. The van der Waals surface area contributed by atoms with E-state index >= 15 is 0 Å². The number of ether oxygens (including phenoxy) is 1. The van der Waals surface area contributed by atoms with E-state index in [4.69, 9.17) is 4.74 Å². The number of rotatable bonds is 7. The molecule has 1 fully saturated rings. The van der Waals surface area contributed by atoms with Crippen molar-refractivity contribution >= 4 is 11.6 Å². The van der Waals surface area contributed by atoms with Crippen LogP contribution >= 0.6 is 0 Å².